The highest BCUT2D eigenvalue weighted by atomic mass is 16.1. The first-order valence-corrected chi connectivity index (χ1v) is 10.3. The van der Waals surface area contributed by atoms with Gasteiger partial charge in [-0.3, -0.25) is 15.6 Å². The standard InChI is InChI=1S/C19H34N4O/c24-17(15-7-13-18(22-20-15)9-3-1-4-10-18)16-8-14-19(23-21-16)11-5-2-6-12-19/h15-16,20-23H,1-14H2. The Kier molecular flexibility index (Phi) is 4.96. The van der Waals surface area contributed by atoms with Crippen molar-refractivity contribution in [3.8, 4) is 0 Å². The van der Waals surface area contributed by atoms with Gasteiger partial charge in [-0.1, -0.05) is 38.5 Å². The minimum absolute atomic E-state index is 0.0303. The van der Waals surface area contributed by atoms with Crippen LogP contribution >= 0.6 is 0 Å². The number of carbonyl (C=O) groups excluding carboxylic acids is 1. The van der Waals surface area contributed by atoms with Gasteiger partial charge in [0.2, 0.25) is 0 Å². The number of rotatable bonds is 2. The molecule has 2 heterocycles. The predicted octanol–water partition coefficient (Wildman–Crippen LogP) is 2.47. The normalized spacial score (nSPS) is 35.8. The molecular weight excluding hydrogens is 300 g/mol. The minimum atomic E-state index is -0.0303. The monoisotopic (exact) mass is 334 g/mol. The third-order valence-electron chi connectivity index (χ3n) is 7.15. The van der Waals surface area contributed by atoms with Crippen molar-refractivity contribution in [2.75, 3.05) is 0 Å². The van der Waals surface area contributed by atoms with Crippen LogP contribution in [0.3, 0.4) is 0 Å². The number of ketones is 1. The van der Waals surface area contributed by atoms with Crippen LogP contribution in [0.25, 0.3) is 0 Å². The fourth-order valence-corrected chi connectivity index (χ4v) is 5.47. The van der Waals surface area contributed by atoms with E-state index in [0.29, 0.717) is 5.78 Å². The second kappa shape index (κ2) is 7.02. The molecule has 2 atom stereocenters. The molecule has 5 heteroatoms. The summed E-state index contributed by atoms with van der Waals surface area (Å²) in [5, 5.41) is 0. The Morgan fingerprint density at radius 2 is 1.04 bits per heavy atom. The quantitative estimate of drug-likeness (QED) is 0.625. The predicted molar refractivity (Wildman–Crippen MR) is 95.2 cm³/mol. The van der Waals surface area contributed by atoms with Crippen molar-refractivity contribution < 1.29 is 4.79 Å². The minimum Gasteiger partial charge on any atom is -0.296 e. The van der Waals surface area contributed by atoms with Crippen molar-refractivity contribution in [2.45, 2.75) is 113 Å². The summed E-state index contributed by atoms with van der Waals surface area (Å²) in [7, 11) is 0. The Hall–Kier alpha value is -0.490. The molecule has 0 aromatic rings. The molecular formula is C19H34N4O. The zero-order valence-electron chi connectivity index (χ0n) is 15.0. The molecule has 4 N–H and O–H groups in total. The lowest BCUT2D eigenvalue weighted by Crippen LogP contribution is -2.67. The van der Waals surface area contributed by atoms with Crippen LogP contribution < -0.4 is 21.7 Å². The Labute approximate surface area is 146 Å². The molecule has 4 rings (SSSR count). The highest BCUT2D eigenvalue weighted by molar-refractivity contribution is 5.89. The second-order valence-electron chi connectivity index (χ2n) is 8.81. The average Bonchev–Trinajstić information content (AvgIpc) is 2.64. The van der Waals surface area contributed by atoms with Crippen LogP contribution in [0.2, 0.25) is 0 Å². The molecule has 136 valence electrons. The summed E-state index contributed by atoms with van der Waals surface area (Å²) in [5.74, 6) is 0.339. The second-order valence-corrected chi connectivity index (χ2v) is 8.81. The highest BCUT2D eigenvalue weighted by Crippen LogP contribution is 2.36. The molecule has 0 aromatic carbocycles. The van der Waals surface area contributed by atoms with Gasteiger partial charge >= 0.3 is 0 Å². The maximum atomic E-state index is 12.9. The van der Waals surface area contributed by atoms with Crippen LogP contribution in [-0.4, -0.2) is 28.9 Å². The fourth-order valence-electron chi connectivity index (χ4n) is 5.47. The van der Waals surface area contributed by atoms with Gasteiger partial charge in [-0.2, -0.15) is 0 Å². The van der Waals surface area contributed by atoms with Gasteiger partial charge < -0.3 is 0 Å². The molecule has 0 aromatic heterocycles. The molecule has 2 saturated carbocycles. The molecule has 2 aliphatic heterocycles. The van der Waals surface area contributed by atoms with Crippen molar-refractivity contribution in [1.82, 2.24) is 21.7 Å². The number of carbonyl (C=O) groups is 1. The van der Waals surface area contributed by atoms with Gasteiger partial charge in [0, 0.05) is 11.1 Å². The first-order valence-electron chi connectivity index (χ1n) is 10.3. The third-order valence-corrected chi connectivity index (χ3v) is 7.15. The molecule has 0 radical (unpaired) electrons. The van der Waals surface area contributed by atoms with Crippen LogP contribution in [-0.2, 0) is 4.79 Å². The molecule has 2 unspecified atom stereocenters. The summed E-state index contributed by atoms with van der Waals surface area (Å²) in [6, 6.07) is -0.0606. The van der Waals surface area contributed by atoms with Gasteiger partial charge in [0.25, 0.3) is 0 Å². The molecule has 24 heavy (non-hydrogen) atoms. The molecule has 2 saturated heterocycles. The molecule has 0 amide bonds. The van der Waals surface area contributed by atoms with Crippen LogP contribution in [0.15, 0.2) is 0 Å². The summed E-state index contributed by atoms with van der Waals surface area (Å²) in [6.07, 6.45) is 17.3. The Bertz CT molecular complexity index is 394. The van der Waals surface area contributed by atoms with Gasteiger partial charge in [0.05, 0.1) is 12.1 Å². The highest BCUT2D eigenvalue weighted by Gasteiger charge is 2.42. The third kappa shape index (κ3) is 3.41. The van der Waals surface area contributed by atoms with E-state index >= 15 is 0 Å². The van der Waals surface area contributed by atoms with E-state index in [4.69, 9.17) is 0 Å². The van der Waals surface area contributed by atoms with Crippen LogP contribution in [0, 0.1) is 0 Å². The Balaban J connectivity index is 1.28. The summed E-state index contributed by atoms with van der Waals surface area (Å²) in [5.41, 5.74) is 14.4. The summed E-state index contributed by atoms with van der Waals surface area (Å²) < 4.78 is 0. The topological polar surface area (TPSA) is 65.2 Å². The van der Waals surface area contributed by atoms with E-state index < -0.39 is 0 Å². The van der Waals surface area contributed by atoms with Gasteiger partial charge in [0.15, 0.2) is 5.78 Å². The Morgan fingerprint density at radius 1 is 0.625 bits per heavy atom. The number of hydrogen-bond donors (Lipinski definition) is 4. The maximum absolute atomic E-state index is 12.9. The van der Waals surface area contributed by atoms with E-state index in [-0.39, 0.29) is 23.2 Å². The molecule has 4 aliphatic rings. The van der Waals surface area contributed by atoms with E-state index in [1.165, 1.54) is 64.2 Å². The van der Waals surface area contributed by atoms with Gasteiger partial charge in [0.1, 0.15) is 0 Å². The lowest BCUT2D eigenvalue weighted by atomic mass is 9.75. The smallest absolute Gasteiger partial charge is 0.169 e. The number of hydrogen-bond acceptors (Lipinski definition) is 5. The zero-order valence-corrected chi connectivity index (χ0v) is 15.0. The number of nitrogens with one attached hydrogen (secondary N) is 4. The van der Waals surface area contributed by atoms with Crippen molar-refractivity contribution in [2.24, 2.45) is 0 Å². The molecule has 2 aliphatic carbocycles. The first-order chi connectivity index (χ1) is 11.7. The molecule has 0 bridgehead atoms. The summed E-state index contributed by atoms with van der Waals surface area (Å²) in [4.78, 5) is 12.9. The lowest BCUT2D eigenvalue weighted by molar-refractivity contribution is -0.126. The largest absolute Gasteiger partial charge is 0.296 e. The van der Waals surface area contributed by atoms with Crippen molar-refractivity contribution in [3.63, 3.8) is 0 Å². The van der Waals surface area contributed by atoms with Crippen LogP contribution in [0.5, 0.6) is 0 Å². The molecule has 5 nitrogen and oxygen atoms in total. The summed E-state index contributed by atoms with van der Waals surface area (Å²) >= 11 is 0. The maximum Gasteiger partial charge on any atom is 0.169 e. The van der Waals surface area contributed by atoms with Gasteiger partial charge in [-0.05, 0) is 51.4 Å². The van der Waals surface area contributed by atoms with Crippen molar-refractivity contribution in [3.05, 3.63) is 0 Å². The van der Waals surface area contributed by atoms with Crippen molar-refractivity contribution in [1.29, 1.82) is 0 Å². The van der Waals surface area contributed by atoms with Crippen LogP contribution in [0.1, 0.15) is 89.9 Å². The van der Waals surface area contributed by atoms with E-state index in [9.17, 15) is 4.79 Å². The van der Waals surface area contributed by atoms with E-state index in [0.717, 1.165) is 25.7 Å². The first kappa shape index (κ1) is 17.0. The van der Waals surface area contributed by atoms with E-state index in [1.54, 1.807) is 0 Å². The lowest BCUT2D eigenvalue weighted by Gasteiger charge is -2.46. The summed E-state index contributed by atoms with van der Waals surface area (Å²) in [6.45, 7) is 0. The van der Waals surface area contributed by atoms with Gasteiger partial charge in [-0.25, -0.2) is 10.9 Å². The van der Waals surface area contributed by atoms with Crippen molar-refractivity contribution >= 4 is 5.78 Å². The molecule has 4 fully saturated rings. The number of hydrazine groups is 2. The van der Waals surface area contributed by atoms with Crippen LogP contribution in [0.4, 0.5) is 0 Å². The van der Waals surface area contributed by atoms with E-state index in [1.807, 2.05) is 0 Å². The Morgan fingerprint density at radius 3 is 1.38 bits per heavy atom. The number of Topliss-reactive ketones (excluding diaryl/α,β-unsaturated/α-hetero) is 1. The zero-order chi connectivity index (χ0) is 16.5. The van der Waals surface area contributed by atoms with Gasteiger partial charge in [-0.15, -0.1) is 0 Å². The molecule has 2 spiro atoms. The SMILES string of the molecule is O=C(C1CCC2(CCCCC2)NN1)C1CCC2(CCCCC2)NN1. The fraction of sp³-hybridized carbons (Fsp3) is 0.947. The van der Waals surface area contributed by atoms with E-state index in [2.05, 4.69) is 21.7 Å². The average molecular weight is 335 g/mol.